The zero-order chi connectivity index (χ0) is 19.8. The molecule has 0 aromatic carbocycles. The Morgan fingerprint density at radius 3 is 1.37 bits per heavy atom. The van der Waals surface area contributed by atoms with Gasteiger partial charge in [-0.15, -0.1) is 0 Å². The third-order valence-corrected chi connectivity index (χ3v) is 6.72. The van der Waals surface area contributed by atoms with Crippen LogP contribution < -0.4 is 5.32 Å². The van der Waals surface area contributed by atoms with Crippen LogP contribution in [0.25, 0.3) is 0 Å². The molecular weight excluding hydrogens is 353 g/mol. The molecule has 4 heteroatoms. The highest BCUT2D eigenvalue weighted by Crippen LogP contribution is 2.38. The fraction of sp³-hybridized carbons (Fsp3) is 1.00. The van der Waals surface area contributed by atoms with E-state index in [1.807, 2.05) is 13.8 Å². The molecule has 0 rings (SSSR count). The first kappa shape index (κ1) is 27.3. The Labute approximate surface area is 172 Å². The molecular formula is C23H50NO2P. The topological polar surface area (TPSA) is 30.5 Å². The monoisotopic (exact) mass is 403 g/mol. The summed E-state index contributed by atoms with van der Waals surface area (Å²) >= 11 is 0. The van der Waals surface area contributed by atoms with Gasteiger partial charge in [-0.1, -0.05) is 90.4 Å². The molecule has 0 unspecified atom stereocenters. The second kappa shape index (κ2) is 24.3. The number of rotatable bonds is 23. The summed E-state index contributed by atoms with van der Waals surface area (Å²) in [4.78, 5) is 0. The maximum Gasteiger partial charge on any atom is 0.170 e. The van der Waals surface area contributed by atoms with Crippen LogP contribution in [0.15, 0.2) is 0 Å². The lowest BCUT2D eigenvalue weighted by Crippen LogP contribution is -2.17. The van der Waals surface area contributed by atoms with E-state index in [-0.39, 0.29) is 0 Å². The van der Waals surface area contributed by atoms with Gasteiger partial charge in [-0.3, -0.25) is 0 Å². The SMILES string of the molecule is CCCCCCCCCCCCCCCCNCCCP(OCC)OCC. The minimum atomic E-state index is -0.645. The molecule has 0 radical (unpaired) electrons. The van der Waals surface area contributed by atoms with Gasteiger partial charge in [-0.2, -0.15) is 0 Å². The molecule has 0 fully saturated rings. The average Bonchev–Trinajstić information content (AvgIpc) is 2.67. The van der Waals surface area contributed by atoms with Crippen molar-refractivity contribution < 1.29 is 9.05 Å². The van der Waals surface area contributed by atoms with Gasteiger partial charge in [-0.25, -0.2) is 0 Å². The Kier molecular flexibility index (Phi) is 24.6. The first-order valence-electron chi connectivity index (χ1n) is 12.1. The highest BCUT2D eigenvalue weighted by molar-refractivity contribution is 7.47. The van der Waals surface area contributed by atoms with E-state index in [1.165, 1.54) is 96.4 Å². The van der Waals surface area contributed by atoms with Crippen molar-refractivity contribution in [2.75, 3.05) is 32.5 Å². The lowest BCUT2D eigenvalue weighted by Gasteiger charge is -2.15. The molecule has 3 nitrogen and oxygen atoms in total. The smallest absolute Gasteiger partial charge is 0.170 e. The Morgan fingerprint density at radius 1 is 0.519 bits per heavy atom. The molecule has 0 aromatic rings. The maximum atomic E-state index is 5.63. The van der Waals surface area contributed by atoms with Gasteiger partial charge in [0.2, 0.25) is 0 Å². The van der Waals surface area contributed by atoms with Crippen molar-refractivity contribution in [2.45, 2.75) is 117 Å². The molecule has 0 amide bonds. The van der Waals surface area contributed by atoms with Gasteiger partial charge < -0.3 is 14.4 Å². The number of hydrogen-bond acceptors (Lipinski definition) is 3. The van der Waals surface area contributed by atoms with Crippen molar-refractivity contribution in [2.24, 2.45) is 0 Å². The Balaban J connectivity index is 3.12. The molecule has 0 saturated carbocycles. The standard InChI is InChI=1S/C23H50NO2P/c1-4-7-8-9-10-11-12-13-14-15-16-17-18-19-21-24-22-20-23-27(25-5-2)26-6-3/h24H,4-23H2,1-3H3. The quantitative estimate of drug-likeness (QED) is 0.139. The van der Waals surface area contributed by atoms with Crippen LogP contribution in [0.2, 0.25) is 0 Å². The Morgan fingerprint density at radius 2 is 0.926 bits per heavy atom. The van der Waals surface area contributed by atoms with Crippen molar-refractivity contribution in [3.63, 3.8) is 0 Å². The first-order valence-corrected chi connectivity index (χ1v) is 13.4. The van der Waals surface area contributed by atoms with E-state index < -0.39 is 8.38 Å². The van der Waals surface area contributed by atoms with Crippen LogP contribution in [0, 0.1) is 0 Å². The average molecular weight is 404 g/mol. The van der Waals surface area contributed by atoms with Gasteiger partial charge in [0, 0.05) is 6.16 Å². The number of unbranched alkanes of at least 4 members (excludes halogenated alkanes) is 13. The van der Waals surface area contributed by atoms with Crippen LogP contribution in [-0.4, -0.2) is 32.5 Å². The Bertz CT molecular complexity index is 261. The van der Waals surface area contributed by atoms with E-state index in [0.29, 0.717) is 0 Å². The van der Waals surface area contributed by atoms with Crippen LogP contribution in [0.1, 0.15) is 117 Å². The zero-order valence-corrected chi connectivity index (χ0v) is 19.8. The van der Waals surface area contributed by atoms with Crippen molar-refractivity contribution >= 4 is 8.38 Å². The summed E-state index contributed by atoms with van der Waals surface area (Å²) in [7, 11) is -0.645. The van der Waals surface area contributed by atoms with Gasteiger partial charge in [0.05, 0.1) is 13.2 Å². The molecule has 0 heterocycles. The fourth-order valence-corrected chi connectivity index (χ4v) is 4.68. The van der Waals surface area contributed by atoms with Crippen molar-refractivity contribution in [3.8, 4) is 0 Å². The highest BCUT2D eigenvalue weighted by atomic mass is 31.2. The van der Waals surface area contributed by atoms with Gasteiger partial charge in [0.25, 0.3) is 0 Å². The van der Waals surface area contributed by atoms with Crippen molar-refractivity contribution in [3.05, 3.63) is 0 Å². The predicted molar refractivity (Wildman–Crippen MR) is 123 cm³/mol. The summed E-state index contributed by atoms with van der Waals surface area (Å²) < 4.78 is 11.3. The summed E-state index contributed by atoms with van der Waals surface area (Å²) in [6.07, 6.45) is 22.2. The second-order valence-corrected chi connectivity index (χ2v) is 9.22. The third kappa shape index (κ3) is 22.5. The first-order chi connectivity index (χ1) is 13.3. The van der Waals surface area contributed by atoms with Crippen LogP contribution in [0.5, 0.6) is 0 Å². The highest BCUT2D eigenvalue weighted by Gasteiger charge is 2.07. The van der Waals surface area contributed by atoms with Gasteiger partial charge in [0.1, 0.15) is 0 Å². The molecule has 164 valence electrons. The van der Waals surface area contributed by atoms with Crippen LogP contribution in [0.3, 0.4) is 0 Å². The van der Waals surface area contributed by atoms with E-state index in [4.69, 9.17) is 9.05 Å². The molecule has 0 atom stereocenters. The summed E-state index contributed by atoms with van der Waals surface area (Å²) in [5.41, 5.74) is 0. The van der Waals surface area contributed by atoms with Crippen molar-refractivity contribution in [1.82, 2.24) is 5.32 Å². The van der Waals surface area contributed by atoms with Crippen LogP contribution in [-0.2, 0) is 9.05 Å². The molecule has 27 heavy (non-hydrogen) atoms. The molecule has 0 aliphatic heterocycles. The van der Waals surface area contributed by atoms with Crippen molar-refractivity contribution in [1.29, 1.82) is 0 Å². The molecule has 0 spiro atoms. The maximum absolute atomic E-state index is 5.63. The predicted octanol–water partition coefficient (Wildman–Crippen LogP) is 7.83. The van der Waals surface area contributed by atoms with Gasteiger partial charge in [0.15, 0.2) is 8.38 Å². The Hall–Kier alpha value is 0.310. The summed E-state index contributed by atoms with van der Waals surface area (Å²) in [5.74, 6) is 0. The van der Waals surface area contributed by atoms with Gasteiger partial charge in [-0.05, 0) is 39.8 Å². The molecule has 0 bridgehead atoms. The molecule has 0 aliphatic rings. The summed E-state index contributed by atoms with van der Waals surface area (Å²) in [5, 5.41) is 3.57. The normalized spacial score (nSPS) is 11.6. The van der Waals surface area contributed by atoms with E-state index >= 15 is 0 Å². The molecule has 0 saturated heterocycles. The molecule has 0 aliphatic carbocycles. The molecule has 0 aromatic heterocycles. The van der Waals surface area contributed by atoms with Crippen LogP contribution in [0.4, 0.5) is 0 Å². The largest absolute Gasteiger partial charge is 0.334 e. The second-order valence-electron chi connectivity index (χ2n) is 7.59. The lowest BCUT2D eigenvalue weighted by atomic mass is 10.0. The lowest BCUT2D eigenvalue weighted by molar-refractivity contribution is 0.269. The summed E-state index contributed by atoms with van der Waals surface area (Å²) in [6.45, 7) is 10.2. The van der Waals surface area contributed by atoms with E-state index in [1.54, 1.807) is 0 Å². The van der Waals surface area contributed by atoms with Gasteiger partial charge >= 0.3 is 0 Å². The number of nitrogens with one attached hydrogen (secondary N) is 1. The van der Waals surface area contributed by atoms with Crippen LogP contribution >= 0.6 is 8.38 Å². The minimum Gasteiger partial charge on any atom is -0.334 e. The molecule has 1 N–H and O–H groups in total. The van der Waals surface area contributed by atoms with E-state index in [2.05, 4.69) is 12.2 Å². The fourth-order valence-electron chi connectivity index (χ4n) is 3.36. The minimum absolute atomic E-state index is 0.645. The van der Waals surface area contributed by atoms with E-state index in [0.717, 1.165) is 32.3 Å². The zero-order valence-electron chi connectivity index (χ0n) is 18.9. The van der Waals surface area contributed by atoms with E-state index in [9.17, 15) is 0 Å². The summed E-state index contributed by atoms with van der Waals surface area (Å²) in [6, 6.07) is 0. The number of hydrogen-bond donors (Lipinski definition) is 1. The third-order valence-electron chi connectivity index (χ3n) is 4.95.